The fourth-order valence-corrected chi connectivity index (χ4v) is 8.42. The van der Waals surface area contributed by atoms with E-state index in [1.165, 1.54) is 11.8 Å². The number of anilines is 2. The Labute approximate surface area is 199 Å². The summed E-state index contributed by atoms with van der Waals surface area (Å²) in [7, 11) is -3.29. The number of ether oxygens (including phenoxy) is 2. The molecule has 0 aromatic heterocycles. The second-order valence-corrected chi connectivity index (χ2v) is 13.5. The lowest BCUT2D eigenvalue weighted by atomic mass is 9.82. The first-order chi connectivity index (χ1) is 16.0. The number of halogens is 1. The SMILES string of the molecule is C=CCN1C(=O)[C@@]2(O[C@@H](CCO)[C@H]([Si](C)(C)F)[C@H]2C)c2cc(N3C(=O)CC3OC(C)=O)ccc21. The lowest BCUT2D eigenvalue weighted by Crippen LogP contribution is -2.55. The van der Waals surface area contributed by atoms with Gasteiger partial charge < -0.3 is 23.6 Å². The number of esters is 1. The van der Waals surface area contributed by atoms with Gasteiger partial charge in [0.05, 0.1) is 18.2 Å². The van der Waals surface area contributed by atoms with Gasteiger partial charge in [-0.1, -0.05) is 13.0 Å². The van der Waals surface area contributed by atoms with Gasteiger partial charge in [-0.15, -0.1) is 6.58 Å². The number of aliphatic hydroxyl groups excluding tert-OH is 1. The van der Waals surface area contributed by atoms with Crippen molar-refractivity contribution in [2.75, 3.05) is 23.0 Å². The van der Waals surface area contributed by atoms with E-state index in [9.17, 15) is 19.5 Å². The number of nitrogens with zero attached hydrogens (tertiary/aromatic N) is 2. The van der Waals surface area contributed by atoms with Crippen LogP contribution in [-0.2, 0) is 29.5 Å². The summed E-state index contributed by atoms with van der Waals surface area (Å²) in [5.74, 6) is -1.50. The number of β-lactam (4-membered cyclic amide) rings is 1. The van der Waals surface area contributed by atoms with E-state index in [1.807, 2.05) is 6.92 Å². The monoisotopic (exact) mass is 490 g/mol. The van der Waals surface area contributed by atoms with Gasteiger partial charge >= 0.3 is 5.97 Å². The van der Waals surface area contributed by atoms with Crippen LogP contribution in [0.5, 0.6) is 0 Å². The normalized spacial score (nSPS) is 30.5. The second kappa shape index (κ2) is 8.58. The minimum absolute atomic E-state index is 0.0819. The van der Waals surface area contributed by atoms with Crippen molar-refractivity contribution in [3.63, 3.8) is 0 Å². The van der Waals surface area contributed by atoms with Crippen LogP contribution in [0.1, 0.15) is 32.3 Å². The molecule has 1 N–H and O–H groups in total. The summed E-state index contributed by atoms with van der Waals surface area (Å²) in [5.41, 5.74) is -0.319. The van der Waals surface area contributed by atoms with Crippen molar-refractivity contribution in [3.8, 4) is 0 Å². The van der Waals surface area contributed by atoms with Gasteiger partial charge in [-0.05, 0) is 37.7 Å². The summed E-state index contributed by atoms with van der Waals surface area (Å²) in [6, 6.07) is 5.15. The fraction of sp³-hybridized carbons (Fsp3) is 0.542. The molecule has 2 fully saturated rings. The van der Waals surface area contributed by atoms with E-state index < -0.39 is 43.8 Å². The Kier molecular flexibility index (Phi) is 6.20. The van der Waals surface area contributed by atoms with E-state index >= 15 is 4.11 Å². The number of hydrogen-bond acceptors (Lipinski definition) is 6. The zero-order valence-corrected chi connectivity index (χ0v) is 20.9. The van der Waals surface area contributed by atoms with Crippen molar-refractivity contribution in [2.24, 2.45) is 5.92 Å². The maximum absolute atomic E-state index is 15.5. The maximum Gasteiger partial charge on any atom is 0.304 e. The van der Waals surface area contributed by atoms with Crippen LogP contribution in [0.4, 0.5) is 15.5 Å². The van der Waals surface area contributed by atoms with Gasteiger partial charge in [-0.3, -0.25) is 19.3 Å². The van der Waals surface area contributed by atoms with E-state index in [0.29, 0.717) is 16.9 Å². The zero-order valence-electron chi connectivity index (χ0n) is 19.9. The van der Waals surface area contributed by atoms with Gasteiger partial charge in [0, 0.05) is 42.8 Å². The molecule has 0 radical (unpaired) electrons. The van der Waals surface area contributed by atoms with E-state index in [1.54, 1.807) is 42.3 Å². The summed E-state index contributed by atoms with van der Waals surface area (Å²) in [6.07, 6.45) is 0.587. The molecule has 3 heterocycles. The Morgan fingerprint density at radius 1 is 1.41 bits per heavy atom. The third-order valence-corrected chi connectivity index (χ3v) is 9.61. The number of amides is 2. The Morgan fingerprint density at radius 2 is 2.12 bits per heavy atom. The average Bonchev–Trinajstić information content (AvgIpc) is 3.15. The third kappa shape index (κ3) is 3.59. The van der Waals surface area contributed by atoms with Crippen molar-refractivity contribution in [3.05, 3.63) is 36.4 Å². The van der Waals surface area contributed by atoms with Crippen LogP contribution < -0.4 is 9.80 Å². The number of hydrogen-bond donors (Lipinski definition) is 1. The standard InChI is InChI=1S/C24H31FN2O6Si/c1-6-10-26-18-8-7-16(27-20(30)13-21(27)32-15(3)29)12-17(18)24(23(26)31)14(2)22(34(4,5)25)19(33-24)9-11-28/h6-8,12,14,19,21-22,28H,1,9-11,13H2,2-5H3/t14-,19+,21?,22-,24+/m1/s1. The van der Waals surface area contributed by atoms with Crippen molar-refractivity contribution in [2.45, 2.75) is 63.3 Å². The fourth-order valence-electron chi connectivity index (χ4n) is 5.88. The number of rotatable bonds is 7. The van der Waals surface area contributed by atoms with Crippen LogP contribution in [0.3, 0.4) is 0 Å². The number of carbonyl (C=O) groups excluding carboxylic acids is 3. The van der Waals surface area contributed by atoms with Crippen molar-refractivity contribution in [1.82, 2.24) is 0 Å². The molecule has 34 heavy (non-hydrogen) atoms. The Balaban J connectivity index is 1.84. The highest BCUT2D eigenvalue weighted by molar-refractivity contribution is 6.72. The molecule has 1 aromatic rings. The Hall–Kier alpha value is -2.56. The topological polar surface area (TPSA) is 96.4 Å². The zero-order chi connectivity index (χ0) is 25.0. The molecule has 10 heteroatoms. The van der Waals surface area contributed by atoms with Gasteiger partial charge in [0.1, 0.15) is 0 Å². The Morgan fingerprint density at radius 3 is 2.68 bits per heavy atom. The predicted molar refractivity (Wildman–Crippen MR) is 126 cm³/mol. The first kappa shape index (κ1) is 24.6. The lowest BCUT2D eigenvalue weighted by Gasteiger charge is -2.39. The molecule has 1 aromatic carbocycles. The number of fused-ring (bicyclic) bond motifs is 2. The number of aliphatic hydroxyl groups is 1. The van der Waals surface area contributed by atoms with E-state index in [4.69, 9.17) is 9.47 Å². The first-order valence-electron chi connectivity index (χ1n) is 11.5. The molecular weight excluding hydrogens is 459 g/mol. The predicted octanol–water partition coefficient (Wildman–Crippen LogP) is 3.00. The summed E-state index contributed by atoms with van der Waals surface area (Å²) >= 11 is 0. The van der Waals surface area contributed by atoms with Gasteiger partial charge in [0.25, 0.3) is 5.91 Å². The minimum atomic E-state index is -3.29. The molecule has 8 nitrogen and oxygen atoms in total. The lowest BCUT2D eigenvalue weighted by molar-refractivity contribution is -0.153. The van der Waals surface area contributed by atoms with Gasteiger partial charge in [0.2, 0.25) is 14.3 Å². The highest BCUT2D eigenvalue weighted by Gasteiger charge is 2.66. The van der Waals surface area contributed by atoms with Crippen molar-refractivity contribution in [1.29, 1.82) is 0 Å². The molecule has 1 unspecified atom stereocenters. The summed E-state index contributed by atoms with van der Waals surface area (Å²) in [5, 5.41) is 9.63. The second-order valence-electron chi connectivity index (χ2n) is 9.72. The molecule has 2 saturated heterocycles. The molecule has 4 rings (SSSR count). The van der Waals surface area contributed by atoms with E-state index in [0.717, 1.165) is 0 Å². The molecule has 3 aliphatic heterocycles. The third-order valence-electron chi connectivity index (χ3n) is 7.16. The molecule has 0 bridgehead atoms. The van der Waals surface area contributed by atoms with Gasteiger partial charge in [0.15, 0.2) is 11.8 Å². The first-order valence-corrected chi connectivity index (χ1v) is 14.5. The molecular formula is C24H31FN2O6Si. The van der Waals surface area contributed by atoms with Crippen LogP contribution in [0.2, 0.25) is 18.6 Å². The summed E-state index contributed by atoms with van der Waals surface area (Å²) < 4.78 is 27.2. The average molecular weight is 491 g/mol. The van der Waals surface area contributed by atoms with Crippen LogP contribution in [0.25, 0.3) is 0 Å². The van der Waals surface area contributed by atoms with Crippen molar-refractivity contribution >= 4 is 37.6 Å². The van der Waals surface area contributed by atoms with Gasteiger partial charge in [-0.25, -0.2) is 0 Å². The summed E-state index contributed by atoms with van der Waals surface area (Å²) in [4.78, 5) is 40.7. The minimum Gasteiger partial charge on any atom is -0.441 e. The molecule has 1 spiro atoms. The van der Waals surface area contributed by atoms with Crippen LogP contribution in [-0.4, -0.2) is 56.8 Å². The largest absolute Gasteiger partial charge is 0.441 e. The summed E-state index contributed by atoms with van der Waals surface area (Å²) in [6.45, 7) is 10.1. The molecule has 5 atom stereocenters. The van der Waals surface area contributed by atoms with Gasteiger partial charge in [-0.2, -0.15) is 0 Å². The molecule has 3 aliphatic rings. The highest BCUT2D eigenvalue weighted by Crippen LogP contribution is 2.60. The van der Waals surface area contributed by atoms with E-state index in [2.05, 4.69) is 6.58 Å². The maximum atomic E-state index is 15.5. The molecule has 184 valence electrons. The van der Waals surface area contributed by atoms with Crippen molar-refractivity contribution < 1.29 is 33.1 Å². The number of carbonyl (C=O) groups is 3. The Bertz CT molecular complexity index is 1040. The smallest absolute Gasteiger partial charge is 0.304 e. The molecule has 0 saturated carbocycles. The highest BCUT2D eigenvalue weighted by atomic mass is 28.4. The molecule has 2 amide bonds. The van der Waals surface area contributed by atoms with E-state index in [-0.39, 0.29) is 37.8 Å². The van der Waals surface area contributed by atoms with Crippen LogP contribution in [0, 0.1) is 5.92 Å². The molecule has 0 aliphatic carbocycles. The van der Waals surface area contributed by atoms with Crippen LogP contribution >= 0.6 is 0 Å². The number of benzene rings is 1. The quantitative estimate of drug-likeness (QED) is 0.208. The van der Waals surface area contributed by atoms with Crippen LogP contribution in [0.15, 0.2) is 30.9 Å².